The maximum Gasteiger partial charge on any atom is 0.229 e. The second kappa shape index (κ2) is 5.90. The van der Waals surface area contributed by atoms with Crippen molar-refractivity contribution in [3.8, 4) is 0 Å². The molecule has 1 fully saturated rings. The number of aryl methyl sites for hydroxylation is 2. The van der Waals surface area contributed by atoms with Gasteiger partial charge in [0.05, 0.1) is 12.1 Å². The molecule has 7 heteroatoms. The maximum absolute atomic E-state index is 12.3. The van der Waals surface area contributed by atoms with E-state index in [2.05, 4.69) is 15.3 Å². The van der Waals surface area contributed by atoms with Crippen molar-refractivity contribution in [2.24, 2.45) is 0 Å². The zero-order valence-corrected chi connectivity index (χ0v) is 13.1. The molecule has 0 radical (unpaired) electrons. The van der Waals surface area contributed by atoms with Crippen LogP contribution in [0.5, 0.6) is 0 Å². The summed E-state index contributed by atoms with van der Waals surface area (Å²) in [6.45, 7) is 4.23. The maximum atomic E-state index is 12.3. The van der Waals surface area contributed by atoms with E-state index < -0.39 is 0 Å². The van der Waals surface area contributed by atoms with Gasteiger partial charge >= 0.3 is 0 Å². The molecule has 0 unspecified atom stereocenters. The van der Waals surface area contributed by atoms with E-state index in [9.17, 15) is 4.79 Å². The molecule has 2 aromatic heterocycles. The van der Waals surface area contributed by atoms with Crippen LogP contribution in [0.3, 0.4) is 0 Å². The average Bonchev–Trinajstić information content (AvgIpc) is 3.17. The topological polar surface area (TPSA) is 85.3 Å². The van der Waals surface area contributed by atoms with Gasteiger partial charge in [-0.05, 0) is 26.7 Å². The van der Waals surface area contributed by atoms with Gasteiger partial charge < -0.3 is 13.9 Å². The fourth-order valence-corrected chi connectivity index (χ4v) is 2.30. The Bertz CT molecular complexity index is 653. The third-order valence-electron chi connectivity index (χ3n) is 4.02. The molecule has 2 aromatic rings. The highest BCUT2D eigenvalue weighted by molar-refractivity contribution is 5.78. The van der Waals surface area contributed by atoms with Crippen LogP contribution in [-0.2, 0) is 17.6 Å². The Labute approximate surface area is 128 Å². The fraction of sp³-hybridized carbons (Fsp3) is 0.600. The Hall–Kier alpha value is -2.18. The number of likely N-dealkylation sites (N-methyl/N-ethyl adjacent to an activating group) is 1. The monoisotopic (exact) mass is 304 g/mol. The van der Waals surface area contributed by atoms with Crippen molar-refractivity contribution in [3.05, 3.63) is 28.7 Å². The van der Waals surface area contributed by atoms with Crippen molar-refractivity contribution in [2.75, 3.05) is 13.6 Å². The molecule has 118 valence electrons. The first-order chi connectivity index (χ1) is 10.5. The Kier molecular flexibility index (Phi) is 3.96. The van der Waals surface area contributed by atoms with Crippen molar-refractivity contribution in [2.45, 2.75) is 45.4 Å². The highest BCUT2D eigenvalue weighted by Gasteiger charge is 2.29. The number of hydrogen-bond donors (Lipinski definition) is 0. The molecule has 3 rings (SSSR count). The van der Waals surface area contributed by atoms with Crippen molar-refractivity contribution in [3.63, 3.8) is 0 Å². The molecule has 0 aromatic carbocycles. The molecule has 0 aliphatic heterocycles. The van der Waals surface area contributed by atoms with Gasteiger partial charge in [0.15, 0.2) is 5.82 Å². The summed E-state index contributed by atoms with van der Waals surface area (Å²) in [6, 6.07) is 0. The molecule has 7 nitrogen and oxygen atoms in total. The molecular weight excluding hydrogens is 284 g/mol. The van der Waals surface area contributed by atoms with E-state index in [0.717, 1.165) is 30.0 Å². The number of nitrogens with zero attached hydrogens (tertiary/aromatic N) is 4. The van der Waals surface area contributed by atoms with Crippen LogP contribution in [0.1, 0.15) is 47.5 Å². The van der Waals surface area contributed by atoms with Gasteiger partial charge in [0, 0.05) is 31.5 Å². The average molecular weight is 304 g/mol. The second-order valence-corrected chi connectivity index (χ2v) is 5.87. The third kappa shape index (κ3) is 3.18. The van der Waals surface area contributed by atoms with Crippen molar-refractivity contribution in [1.29, 1.82) is 0 Å². The van der Waals surface area contributed by atoms with Crippen LogP contribution in [0, 0.1) is 13.8 Å². The molecule has 0 atom stereocenters. The van der Waals surface area contributed by atoms with E-state index in [4.69, 9.17) is 9.05 Å². The zero-order chi connectivity index (χ0) is 15.7. The van der Waals surface area contributed by atoms with Crippen LogP contribution >= 0.6 is 0 Å². The van der Waals surface area contributed by atoms with Crippen molar-refractivity contribution < 1.29 is 13.8 Å². The predicted octanol–water partition coefficient (Wildman–Crippen LogP) is 1.80. The van der Waals surface area contributed by atoms with E-state index in [1.807, 2.05) is 13.8 Å². The van der Waals surface area contributed by atoms with E-state index in [1.54, 1.807) is 11.9 Å². The Morgan fingerprint density at radius 1 is 1.27 bits per heavy atom. The Morgan fingerprint density at radius 3 is 2.68 bits per heavy atom. The number of carbonyl (C=O) groups excluding carboxylic acids is 1. The molecule has 0 bridgehead atoms. The number of carbonyl (C=O) groups is 1. The van der Waals surface area contributed by atoms with Crippen LogP contribution in [0.4, 0.5) is 0 Å². The zero-order valence-electron chi connectivity index (χ0n) is 13.1. The first-order valence-electron chi connectivity index (χ1n) is 7.52. The van der Waals surface area contributed by atoms with Gasteiger partial charge in [-0.15, -0.1) is 0 Å². The van der Waals surface area contributed by atoms with Gasteiger partial charge in [0.25, 0.3) is 0 Å². The SMILES string of the molecule is Cc1noc(C)c1CC(=O)N(C)CCc1noc(C2CC2)n1. The first-order valence-corrected chi connectivity index (χ1v) is 7.52. The molecule has 2 heterocycles. The van der Waals surface area contributed by atoms with E-state index in [1.165, 1.54) is 0 Å². The number of amides is 1. The summed E-state index contributed by atoms with van der Waals surface area (Å²) in [7, 11) is 1.78. The Morgan fingerprint density at radius 2 is 2.05 bits per heavy atom. The summed E-state index contributed by atoms with van der Waals surface area (Å²) < 4.78 is 10.3. The normalized spacial score (nSPS) is 14.3. The van der Waals surface area contributed by atoms with Gasteiger partial charge in [-0.2, -0.15) is 4.98 Å². The van der Waals surface area contributed by atoms with Gasteiger partial charge in [0.1, 0.15) is 5.76 Å². The summed E-state index contributed by atoms with van der Waals surface area (Å²) in [5, 5.41) is 7.83. The van der Waals surface area contributed by atoms with Gasteiger partial charge in [-0.25, -0.2) is 0 Å². The minimum atomic E-state index is 0.0281. The summed E-state index contributed by atoms with van der Waals surface area (Å²) in [4.78, 5) is 18.3. The van der Waals surface area contributed by atoms with Crippen molar-refractivity contribution in [1.82, 2.24) is 20.2 Å². The summed E-state index contributed by atoms with van der Waals surface area (Å²) in [5.74, 6) is 2.59. The lowest BCUT2D eigenvalue weighted by molar-refractivity contribution is -0.129. The quantitative estimate of drug-likeness (QED) is 0.809. The molecule has 1 aliphatic rings. The molecule has 1 aliphatic carbocycles. The summed E-state index contributed by atoms with van der Waals surface area (Å²) in [6.07, 6.45) is 3.17. The van der Waals surface area contributed by atoms with Gasteiger partial charge in [-0.1, -0.05) is 10.3 Å². The lowest BCUT2D eigenvalue weighted by Gasteiger charge is -2.15. The van der Waals surface area contributed by atoms with Gasteiger partial charge in [0.2, 0.25) is 11.8 Å². The minimum absolute atomic E-state index is 0.0281. The van der Waals surface area contributed by atoms with Crippen LogP contribution < -0.4 is 0 Å². The predicted molar refractivity (Wildman–Crippen MR) is 77.3 cm³/mol. The number of aromatic nitrogens is 3. The molecule has 22 heavy (non-hydrogen) atoms. The number of hydrogen-bond acceptors (Lipinski definition) is 6. The smallest absolute Gasteiger partial charge is 0.229 e. The first kappa shape index (κ1) is 14.7. The summed E-state index contributed by atoms with van der Waals surface area (Å²) in [5.41, 5.74) is 1.64. The number of rotatable bonds is 6. The minimum Gasteiger partial charge on any atom is -0.361 e. The molecule has 0 spiro atoms. The molecule has 0 N–H and O–H groups in total. The fourth-order valence-electron chi connectivity index (χ4n) is 2.30. The second-order valence-electron chi connectivity index (χ2n) is 5.87. The van der Waals surface area contributed by atoms with Crippen LogP contribution in [0.2, 0.25) is 0 Å². The van der Waals surface area contributed by atoms with Crippen molar-refractivity contribution >= 4 is 5.91 Å². The molecule has 1 amide bonds. The third-order valence-corrected chi connectivity index (χ3v) is 4.02. The molecule has 1 saturated carbocycles. The van der Waals surface area contributed by atoms with Gasteiger partial charge in [-0.3, -0.25) is 4.79 Å². The lowest BCUT2D eigenvalue weighted by Crippen LogP contribution is -2.30. The van der Waals surface area contributed by atoms with Crippen LogP contribution in [-0.4, -0.2) is 39.7 Å². The highest BCUT2D eigenvalue weighted by Crippen LogP contribution is 2.38. The Balaban J connectivity index is 1.52. The van der Waals surface area contributed by atoms with E-state index >= 15 is 0 Å². The lowest BCUT2D eigenvalue weighted by atomic mass is 10.1. The molecular formula is C15H20N4O3. The summed E-state index contributed by atoms with van der Waals surface area (Å²) >= 11 is 0. The van der Waals surface area contributed by atoms with Crippen LogP contribution in [0.15, 0.2) is 9.05 Å². The highest BCUT2D eigenvalue weighted by atomic mass is 16.5. The van der Waals surface area contributed by atoms with E-state index in [-0.39, 0.29) is 5.91 Å². The van der Waals surface area contributed by atoms with Crippen LogP contribution in [0.25, 0.3) is 0 Å². The largest absolute Gasteiger partial charge is 0.361 e. The standard InChI is InChI=1S/C15H20N4O3/c1-9-12(10(2)21-17-9)8-14(20)19(3)7-6-13-16-15(22-18-13)11-4-5-11/h11H,4-8H2,1-3H3. The van der Waals surface area contributed by atoms with E-state index in [0.29, 0.717) is 36.9 Å². The molecule has 0 saturated heterocycles.